The van der Waals surface area contributed by atoms with Crippen molar-refractivity contribution in [2.75, 3.05) is 13.7 Å². The highest BCUT2D eigenvalue weighted by Crippen LogP contribution is 2.19. The first kappa shape index (κ1) is 61.2. The Balaban J connectivity index is 2.09. The van der Waals surface area contributed by atoms with Gasteiger partial charge in [-0.25, -0.2) is 9.59 Å². The van der Waals surface area contributed by atoms with E-state index in [0.717, 1.165) is 5.56 Å². The average Bonchev–Trinajstić information content (AvgIpc) is 3.36. The molecule has 0 saturated carbocycles. The molecule has 1 heterocycles. The monoisotopic (exact) mass is 1040 g/mol. The van der Waals surface area contributed by atoms with Crippen LogP contribution in [0.2, 0.25) is 0 Å². The van der Waals surface area contributed by atoms with Crippen LogP contribution < -0.4 is 48.7 Å². The topological polar surface area (TPSA) is 372 Å². The predicted octanol–water partition coefficient (Wildman–Crippen LogP) is 0.713. The molecule has 1 saturated heterocycles. The second-order valence-corrected chi connectivity index (χ2v) is 18.2. The lowest BCUT2D eigenvalue weighted by Gasteiger charge is -2.27. The lowest BCUT2D eigenvalue weighted by atomic mass is 9.94. The normalized spacial score (nSPS) is 23.9. The molecule has 9 atom stereocenters. The quantitative estimate of drug-likeness (QED) is 0.0362. The van der Waals surface area contributed by atoms with Crippen molar-refractivity contribution >= 4 is 59.2 Å². The van der Waals surface area contributed by atoms with Crippen molar-refractivity contribution in [2.45, 2.75) is 128 Å². The molecule has 0 aromatic heterocycles. The zero-order valence-corrected chi connectivity index (χ0v) is 43.1. The number of aliphatic imine (C=N–C) groups is 1. The highest BCUT2D eigenvalue weighted by atomic mass is 16.5. The van der Waals surface area contributed by atoms with Crippen LogP contribution in [0.1, 0.15) is 84.3 Å². The summed E-state index contributed by atoms with van der Waals surface area (Å²) < 4.78 is 5.81. The third-order valence-electron chi connectivity index (χ3n) is 12.2. The molecule has 9 unspecified atom stereocenters. The summed E-state index contributed by atoms with van der Waals surface area (Å²) in [6.07, 6.45) is 4.85. The number of aromatic hydroxyl groups is 1. The number of aryl methyl sites for hydroxylation is 1. The third kappa shape index (κ3) is 21.5. The summed E-state index contributed by atoms with van der Waals surface area (Å²) in [5.74, 6) is -11.1. The number of carboxylic acids is 2. The number of nitrogens with one attached hydrogen (secondary N) is 7. The Morgan fingerprint density at radius 2 is 1.41 bits per heavy atom. The van der Waals surface area contributed by atoms with Crippen molar-refractivity contribution in [2.24, 2.45) is 28.3 Å². The molecule has 0 radical (unpaired) electrons. The van der Waals surface area contributed by atoms with Gasteiger partial charge in [0, 0.05) is 26.0 Å². The first-order chi connectivity index (χ1) is 35.5. The molecule has 23 heteroatoms. The summed E-state index contributed by atoms with van der Waals surface area (Å²) in [6.45, 7) is 7.89. The van der Waals surface area contributed by atoms with E-state index in [0.29, 0.717) is 17.6 Å². The van der Waals surface area contributed by atoms with Crippen LogP contribution in [0.5, 0.6) is 5.75 Å². The minimum Gasteiger partial charge on any atom is -0.508 e. The number of amides is 7. The number of aliphatic carboxylic acids is 2. The molecule has 1 aliphatic heterocycles. The number of benzene rings is 2. The largest absolute Gasteiger partial charge is 0.508 e. The van der Waals surface area contributed by atoms with Gasteiger partial charge in [-0.05, 0) is 82.6 Å². The molecule has 23 nitrogen and oxygen atoms in total. The average molecular weight is 1050 g/mol. The Kier molecular flexibility index (Phi) is 25.2. The van der Waals surface area contributed by atoms with E-state index in [-0.39, 0.29) is 61.7 Å². The molecule has 408 valence electrons. The van der Waals surface area contributed by atoms with Crippen LogP contribution in [0, 0.1) is 11.8 Å². The van der Waals surface area contributed by atoms with Crippen molar-refractivity contribution in [1.29, 1.82) is 0 Å². The summed E-state index contributed by atoms with van der Waals surface area (Å²) in [5, 5.41) is 47.5. The van der Waals surface area contributed by atoms with Crippen molar-refractivity contribution in [3.05, 3.63) is 101 Å². The van der Waals surface area contributed by atoms with E-state index in [1.54, 1.807) is 32.2 Å². The summed E-state index contributed by atoms with van der Waals surface area (Å²) >= 11 is 0. The van der Waals surface area contributed by atoms with E-state index in [4.69, 9.17) is 16.2 Å². The van der Waals surface area contributed by atoms with E-state index in [1.165, 1.54) is 45.1 Å². The lowest BCUT2D eigenvalue weighted by molar-refractivity contribution is -0.144. The van der Waals surface area contributed by atoms with E-state index in [2.05, 4.69) is 42.2 Å². The fourth-order valence-electron chi connectivity index (χ4n) is 7.80. The number of methoxy groups -OCH3 is 1. The summed E-state index contributed by atoms with van der Waals surface area (Å²) in [6, 6.07) is 6.73. The number of hydrogen-bond donors (Lipinski definition) is 12. The third-order valence-corrected chi connectivity index (χ3v) is 12.2. The predicted molar refractivity (Wildman–Crippen MR) is 277 cm³/mol. The molecule has 7 amide bonds. The lowest BCUT2D eigenvalue weighted by Crippen LogP contribution is -2.56. The van der Waals surface area contributed by atoms with Crippen molar-refractivity contribution in [1.82, 2.24) is 37.2 Å². The summed E-state index contributed by atoms with van der Waals surface area (Å²) in [7, 11) is 1.61. The number of phenols is 1. The maximum atomic E-state index is 14.3. The fraction of sp³-hybridized carbons (Fsp3) is 0.462. The minimum atomic E-state index is -1.91. The minimum absolute atomic E-state index is 0.0110. The number of carboxylic acid groups (broad SMARTS) is 2. The van der Waals surface area contributed by atoms with Crippen molar-refractivity contribution in [3.63, 3.8) is 0 Å². The van der Waals surface area contributed by atoms with Crippen LogP contribution in [0.3, 0.4) is 0 Å². The Bertz CT molecular complexity index is 2440. The van der Waals surface area contributed by atoms with Gasteiger partial charge in [-0.2, -0.15) is 0 Å². The molecule has 0 aliphatic carbocycles. The molecule has 75 heavy (non-hydrogen) atoms. The molecule has 1 fully saturated rings. The second-order valence-electron chi connectivity index (χ2n) is 18.2. The van der Waals surface area contributed by atoms with Gasteiger partial charge in [0.25, 0.3) is 5.91 Å². The number of nitrogens with zero attached hydrogens (tertiary/aromatic N) is 1. The Morgan fingerprint density at radius 3 is 2.03 bits per heavy atom. The van der Waals surface area contributed by atoms with Crippen LogP contribution in [-0.2, 0) is 60.7 Å². The zero-order chi connectivity index (χ0) is 55.8. The number of nitrogens with two attached hydrogens (primary N) is 2. The number of phenolic OH excluding ortho intramolecular Hbond substituents is 1. The van der Waals surface area contributed by atoms with Gasteiger partial charge in [0.1, 0.15) is 41.7 Å². The van der Waals surface area contributed by atoms with Crippen molar-refractivity contribution < 1.29 is 63.2 Å². The number of carbonyl (C=O) groups is 9. The zero-order valence-electron chi connectivity index (χ0n) is 43.1. The van der Waals surface area contributed by atoms with Gasteiger partial charge < -0.3 is 68.7 Å². The Labute approximate surface area is 435 Å². The van der Waals surface area contributed by atoms with Crippen LogP contribution in [-0.4, -0.2) is 131 Å². The van der Waals surface area contributed by atoms with Gasteiger partial charge in [-0.1, -0.05) is 86.2 Å². The number of ether oxygens (including phenoxy) is 1. The molecule has 2 aromatic carbocycles. The van der Waals surface area contributed by atoms with Crippen molar-refractivity contribution in [3.8, 4) is 5.75 Å². The molecule has 14 N–H and O–H groups in total. The van der Waals surface area contributed by atoms with Crippen LogP contribution in [0.4, 0.5) is 0 Å². The maximum absolute atomic E-state index is 14.3. The highest BCUT2D eigenvalue weighted by Gasteiger charge is 2.34. The highest BCUT2D eigenvalue weighted by molar-refractivity contribution is 6.00. The van der Waals surface area contributed by atoms with E-state index in [1.807, 2.05) is 43.3 Å². The molecule has 3 rings (SSSR count). The molecule has 2 aromatic rings. The van der Waals surface area contributed by atoms with E-state index in [9.17, 15) is 58.5 Å². The molecular weight excluding hydrogens is 973 g/mol. The molecular formula is C52H72N10O13. The van der Waals surface area contributed by atoms with Crippen LogP contribution in [0.25, 0.3) is 0 Å². The van der Waals surface area contributed by atoms with Gasteiger partial charge in [0.05, 0.1) is 24.5 Å². The molecule has 1 aliphatic rings. The first-order valence-corrected chi connectivity index (χ1v) is 24.5. The second kappa shape index (κ2) is 30.8. The van der Waals surface area contributed by atoms with E-state index < -0.39 is 115 Å². The summed E-state index contributed by atoms with van der Waals surface area (Å²) in [4.78, 5) is 125. The molecule has 0 spiro atoms. The van der Waals surface area contributed by atoms with Crippen LogP contribution >= 0.6 is 0 Å². The van der Waals surface area contributed by atoms with Gasteiger partial charge in [-0.15, -0.1) is 0 Å². The SMILES string of the molecule is CC=C1NC(=O)CCC(C(=O)O)NC(=O)C(C)C(C=CC(C)=CC(C)C(Cc2ccccc2)OC)NC(=O)C(CCCN=C(N)N)NC(=O)CC(C(=O)O)NC(=O)C(CCc2ccc(O)cc2)NC(=O)C(C)NC1=O. The smallest absolute Gasteiger partial charge is 0.326 e. The maximum Gasteiger partial charge on any atom is 0.326 e. The van der Waals surface area contributed by atoms with Gasteiger partial charge in [0.2, 0.25) is 35.4 Å². The van der Waals surface area contributed by atoms with Gasteiger partial charge >= 0.3 is 11.9 Å². The molecule has 0 bridgehead atoms. The van der Waals surface area contributed by atoms with E-state index >= 15 is 0 Å². The Morgan fingerprint density at radius 1 is 0.787 bits per heavy atom. The van der Waals surface area contributed by atoms with Gasteiger partial charge in [-0.3, -0.25) is 38.6 Å². The number of hydrogen-bond acceptors (Lipinski definition) is 12. The Hall–Kier alpha value is -8.08. The fourth-order valence-corrected chi connectivity index (χ4v) is 7.80. The summed E-state index contributed by atoms with van der Waals surface area (Å²) in [5.41, 5.74) is 13.1. The van der Waals surface area contributed by atoms with Gasteiger partial charge in [0.15, 0.2) is 5.96 Å². The number of rotatable bonds is 16. The number of carbonyl (C=O) groups excluding carboxylic acids is 7. The number of allylic oxidation sites excluding steroid dienone is 3. The first-order valence-electron chi connectivity index (χ1n) is 24.5. The van der Waals surface area contributed by atoms with Crippen LogP contribution in [0.15, 0.2) is 95.2 Å². The number of guanidine groups is 1. The standard InChI is InChI=1S/C52H72N10O13/c1-7-36-47(68)56-32(5)46(67)60-39(22-18-33-16-19-35(63)20-17-33)49(70)62-41(51(73)74)28-44(65)58-38(14-11-25-55-52(53)54)48(69)59-37(31(4)45(66)61-40(50(71)72)23-24-43(64)57-36)21-15-29(2)26-30(3)42(75-6)27-34-12-9-8-10-13-34/h7-10,12-13,15-17,19-21,26,30-32,37-42,63H,11,14,18,22-25,27-28H2,1-6H3,(H,56,68)(H,57,64)(H,58,65)(H,59,69)(H,60,67)(H,61,66)(H,62,70)(H,71,72)(H,73,74)(H4,53,54,55).